The monoisotopic (exact) mass is 303 g/mol. The minimum Gasteiger partial charge on any atom is -0.480 e. The zero-order valence-electron chi connectivity index (χ0n) is 11.8. The van der Waals surface area contributed by atoms with Gasteiger partial charge in [0.25, 0.3) is 5.91 Å². The van der Waals surface area contributed by atoms with E-state index in [0.717, 1.165) is 12.1 Å². The molecule has 0 spiro atoms. The molecule has 4 nitrogen and oxygen atoms in total. The first-order valence-corrected chi connectivity index (χ1v) is 6.14. The zero-order valence-corrected chi connectivity index (χ0v) is 11.8. The van der Waals surface area contributed by atoms with Crippen LogP contribution in [0.2, 0.25) is 0 Å². The van der Waals surface area contributed by atoms with Crippen LogP contribution in [0.15, 0.2) is 24.3 Å². The summed E-state index contributed by atoms with van der Waals surface area (Å²) in [6.07, 6.45) is -4.56. The number of rotatable bonds is 3. The van der Waals surface area contributed by atoms with Crippen molar-refractivity contribution in [3.05, 3.63) is 35.4 Å². The summed E-state index contributed by atoms with van der Waals surface area (Å²) in [5.74, 6) is -2.11. The first-order chi connectivity index (χ1) is 9.43. The topological polar surface area (TPSA) is 66.4 Å². The van der Waals surface area contributed by atoms with Gasteiger partial charge in [0, 0.05) is 5.56 Å². The highest BCUT2D eigenvalue weighted by atomic mass is 19.4. The lowest BCUT2D eigenvalue weighted by Crippen LogP contribution is -2.49. The largest absolute Gasteiger partial charge is 0.480 e. The lowest BCUT2D eigenvalue weighted by Gasteiger charge is -2.27. The Morgan fingerprint density at radius 3 is 2.19 bits per heavy atom. The van der Waals surface area contributed by atoms with Crippen LogP contribution < -0.4 is 5.32 Å². The average Bonchev–Trinajstić information content (AvgIpc) is 2.33. The van der Waals surface area contributed by atoms with Crippen molar-refractivity contribution in [3.8, 4) is 0 Å². The van der Waals surface area contributed by atoms with Crippen molar-refractivity contribution >= 4 is 11.9 Å². The van der Waals surface area contributed by atoms with Gasteiger partial charge in [-0.25, -0.2) is 4.79 Å². The number of carbonyl (C=O) groups is 2. The van der Waals surface area contributed by atoms with Gasteiger partial charge in [-0.05, 0) is 23.6 Å². The molecule has 0 unspecified atom stereocenters. The van der Waals surface area contributed by atoms with Gasteiger partial charge in [-0.2, -0.15) is 13.2 Å². The van der Waals surface area contributed by atoms with Crippen LogP contribution in [-0.2, 0) is 11.0 Å². The maximum Gasteiger partial charge on any atom is 0.416 e. The molecule has 0 aromatic heterocycles. The molecule has 0 aliphatic carbocycles. The number of carbonyl (C=O) groups excluding carboxylic acids is 1. The maximum atomic E-state index is 12.6. The van der Waals surface area contributed by atoms with E-state index in [9.17, 15) is 22.8 Å². The Bertz CT molecular complexity index is 547. The molecule has 21 heavy (non-hydrogen) atoms. The maximum absolute atomic E-state index is 12.6. The van der Waals surface area contributed by atoms with Gasteiger partial charge >= 0.3 is 12.1 Å². The molecular formula is C14H16F3NO3. The number of aliphatic carboxylic acids is 1. The number of hydrogen-bond donors (Lipinski definition) is 2. The van der Waals surface area contributed by atoms with Gasteiger partial charge in [0.05, 0.1) is 5.56 Å². The fourth-order valence-corrected chi connectivity index (χ4v) is 1.70. The summed E-state index contributed by atoms with van der Waals surface area (Å²) in [6, 6.07) is 2.63. The molecular weight excluding hydrogens is 287 g/mol. The Morgan fingerprint density at radius 1 is 1.19 bits per heavy atom. The molecule has 0 bridgehead atoms. The van der Waals surface area contributed by atoms with Gasteiger partial charge in [-0.3, -0.25) is 4.79 Å². The first-order valence-electron chi connectivity index (χ1n) is 6.14. The number of carboxylic acids is 1. The summed E-state index contributed by atoms with van der Waals surface area (Å²) in [6.45, 7) is 4.83. The summed E-state index contributed by atoms with van der Waals surface area (Å²) < 4.78 is 37.8. The summed E-state index contributed by atoms with van der Waals surface area (Å²) in [4.78, 5) is 23.1. The van der Waals surface area contributed by atoms with Crippen molar-refractivity contribution in [2.24, 2.45) is 5.41 Å². The van der Waals surface area contributed by atoms with E-state index < -0.39 is 35.1 Å². The first kappa shape index (κ1) is 17.0. The van der Waals surface area contributed by atoms with Gasteiger partial charge in [0.1, 0.15) is 6.04 Å². The third-order valence-electron chi connectivity index (χ3n) is 2.84. The van der Waals surface area contributed by atoms with E-state index in [4.69, 9.17) is 5.11 Å². The van der Waals surface area contributed by atoms with Crippen LogP contribution in [0.25, 0.3) is 0 Å². The number of nitrogens with one attached hydrogen (secondary N) is 1. The second-order valence-electron chi connectivity index (χ2n) is 5.69. The summed E-state index contributed by atoms with van der Waals surface area (Å²) in [5, 5.41) is 11.3. The number of halogens is 3. The van der Waals surface area contributed by atoms with E-state index in [0.29, 0.717) is 6.07 Å². The minimum absolute atomic E-state index is 0.236. The van der Waals surface area contributed by atoms with Crippen molar-refractivity contribution < 1.29 is 27.9 Å². The van der Waals surface area contributed by atoms with E-state index in [2.05, 4.69) is 5.32 Å². The number of hydrogen-bond acceptors (Lipinski definition) is 2. The highest BCUT2D eigenvalue weighted by molar-refractivity contribution is 5.96. The summed E-state index contributed by atoms with van der Waals surface area (Å²) >= 11 is 0. The third-order valence-corrected chi connectivity index (χ3v) is 2.84. The molecule has 1 amide bonds. The van der Waals surface area contributed by atoms with Crippen LogP contribution in [0.5, 0.6) is 0 Å². The fourth-order valence-electron chi connectivity index (χ4n) is 1.70. The standard InChI is InChI=1S/C14H16F3NO3/c1-13(2,3)10(12(20)21)18-11(19)8-5-4-6-9(7-8)14(15,16)17/h4-7,10H,1-3H3,(H,18,19)(H,20,21)/t10-/m1/s1. The summed E-state index contributed by atoms with van der Waals surface area (Å²) in [5.41, 5.74) is -1.97. The van der Waals surface area contributed by atoms with E-state index in [1.807, 2.05) is 0 Å². The Morgan fingerprint density at radius 2 is 1.76 bits per heavy atom. The number of carboxylic acid groups (broad SMARTS) is 1. The number of alkyl halides is 3. The van der Waals surface area contributed by atoms with E-state index in [1.165, 1.54) is 6.07 Å². The smallest absolute Gasteiger partial charge is 0.416 e. The van der Waals surface area contributed by atoms with Crippen molar-refractivity contribution in [3.63, 3.8) is 0 Å². The molecule has 1 atom stereocenters. The molecule has 0 heterocycles. The molecule has 0 saturated carbocycles. The molecule has 0 aliphatic heterocycles. The van der Waals surface area contributed by atoms with Crippen molar-refractivity contribution in [2.45, 2.75) is 33.0 Å². The van der Waals surface area contributed by atoms with E-state index in [1.54, 1.807) is 20.8 Å². The molecule has 0 radical (unpaired) electrons. The Labute approximate surface area is 120 Å². The van der Waals surface area contributed by atoms with Gasteiger partial charge in [-0.15, -0.1) is 0 Å². The van der Waals surface area contributed by atoms with Crippen molar-refractivity contribution in [2.75, 3.05) is 0 Å². The van der Waals surface area contributed by atoms with Gasteiger partial charge in [0.15, 0.2) is 0 Å². The highest BCUT2D eigenvalue weighted by Gasteiger charge is 2.34. The second-order valence-corrected chi connectivity index (χ2v) is 5.69. The van der Waals surface area contributed by atoms with E-state index in [-0.39, 0.29) is 5.56 Å². The van der Waals surface area contributed by atoms with Crippen LogP contribution in [0.1, 0.15) is 36.7 Å². The van der Waals surface area contributed by atoms with Crippen molar-refractivity contribution in [1.29, 1.82) is 0 Å². The predicted molar refractivity (Wildman–Crippen MR) is 69.8 cm³/mol. The van der Waals surface area contributed by atoms with Crippen LogP contribution >= 0.6 is 0 Å². The highest BCUT2D eigenvalue weighted by Crippen LogP contribution is 2.29. The molecule has 0 fully saturated rings. The molecule has 7 heteroatoms. The van der Waals surface area contributed by atoms with Gasteiger partial charge < -0.3 is 10.4 Å². The van der Waals surface area contributed by atoms with Crippen LogP contribution in [0, 0.1) is 5.41 Å². The van der Waals surface area contributed by atoms with Gasteiger partial charge in [0.2, 0.25) is 0 Å². The number of amides is 1. The summed E-state index contributed by atoms with van der Waals surface area (Å²) in [7, 11) is 0. The van der Waals surface area contributed by atoms with Gasteiger partial charge in [-0.1, -0.05) is 26.8 Å². The average molecular weight is 303 g/mol. The molecule has 2 N–H and O–H groups in total. The molecule has 0 aliphatic rings. The Hall–Kier alpha value is -2.05. The number of benzene rings is 1. The zero-order chi connectivity index (χ0) is 16.4. The lowest BCUT2D eigenvalue weighted by molar-refractivity contribution is -0.142. The SMILES string of the molecule is CC(C)(C)[C@H](NC(=O)c1cccc(C(F)(F)F)c1)C(=O)O. The van der Waals surface area contributed by atoms with Crippen LogP contribution in [-0.4, -0.2) is 23.0 Å². The van der Waals surface area contributed by atoms with E-state index >= 15 is 0 Å². The second kappa shape index (κ2) is 5.75. The third kappa shape index (κ3) is 4.47. The van der Waals surface area contributed by atoms with Crippen LogP contribution in [0.4, 0.5) is 13.2 Å². The minimum atomic E-state index is -4.56. The predicted octanol–water partition coefficient (Wildman–Crippen LogP) is 2.93. The Balaban J connectivity index is 3.02. The fraction of sp³-hybridized carbons (Fsp3) is 0.429. The lowest BCUT2D eigenvalue weighted by atomic mass is 9.86. The molecule has 1 aromatic rings. The molecule has 0 saturated heterocycles. The van der Waals surface area contributed by atoms with Crippen LogP contribution in [0.3, 0.4) is 0 Å². The Kier molecular flexibility index (Phi) is 4.65. The van der Waals surface area contributed by atoms with Crippen molar-refractivity contribution in [1.82, 2.24) is 5.32 Å². The molecule has 1 rings (SSSR count). The molecule has 116 valence electrons. The molecule has 1 aromatic carbocycles. The normalized spacial score (nSPS) is 13.6. The quantitative estimate of drug-likeness (QED) is 0.902.